The topological polar surface area (TPSA) is 74.6 Å². The number of aryl methyl sites for hydroxylation is 1. The summed E-state index contributed by atoms with van der Waals surface area (Å²) in [5.74, 6) is 2.37. The third-order valence-corrected chi connectivity index (χ3v) is 4.66. The van der Waals surface area contributed by atoms with E-state index in [1.807, 2.05) is 54.2 Å². The summed E-state index contributed by atoms with van der Waals surface area (Å²) in [5, 5.41) is 3.03. The Bertz CT molecular complexity index is 1020. The molecule has 156 valence electrons. The molecule has 0 saturated heterocycles. The first-order valence-corrected chi connectivity index (χ1v) is 9.37. The Labute approximate surface area is 175 Å². The number of carbonyl (C=O) groups is 1. The van der Waals surface area contributed by atoms with Gasteiger partial charge < -0.3 is 24.1 Å². The van der Waals surface area contributed by atoms with Crippen molar-refractivity contribution in [3.63, 3.8) is 0 Å². The van der Waals surface area contributed by atoms with Crippen molar-refractivity contribution in [3.05, 3.63) is 77.9 Å². The van der Waals surface area contributed by atoms with E-state index in [-0.39, 0.29) is 5.91 Å². The zero-order chi connectivity index (χ0) is 21.5. The maximum absolute atomic E-state index is 12.8. The van der Waals surface area contributed by atoms with E-state index in [2.05, 4.69) is 10.3 Å². The molecule has 0 aliphatic carbocycles. The Balaban J connectivity index is 1.92. The van der Waals surface area contributed by atoms with Gasteiger partial charge in [0.05, 0.1) is 21.3 Å². The van der Waals surface area contributed by atoms with Gasteiger partial charge in [0.2, 0.25) is 5.91 Å². The summed E-state index contributed by atoms with van der Waals surface area (Å²) in [6, 6.07) is 12.5. The average Bonchev–Trinajstić information content (AvgIpc) is 3.21. The van der Waals surface area contributed by atoms with E-state index in [1.165, 1.54) is 6.08 Å². The minimum atomic E-state index is -0.496. The monoisotopic (exact) mass is 407 g/mol. The van der Waals surface area contributed by atoms with Crippen LogP contribution in [0.1, 0.15) is 23.0 Å². The molecule has 1 aromatic heterocycles. The van der Waals surface area contributed by atoms with E-state index in [1.54, 1.807) is 39.7 Å². The Morgan fingerprint density at radius 1 is 1.07 bits per heavy atom. The van der Waals surface area contributed by atoms with Gasteiger partial charge in [-0.15, -0.1) is 0 Å². The van der Waals surface area contributed by atoms with Gasteiger partial charge in [-0.3, -0.25) is 4.79 Å². The normalized spacial score (nSPS) is 11.9. The third kappa shape index (κ3) is 4.81. The average molecular weight is 407 g/mol. The van der Waals surface area contributed by atoms with Crippen LogP contribution in [0.2, 0.25) is 0 Å². The quantitative estimate of drug-likeness (QED) is 0.580. The maximum Gasteiger partial charge on any atom is 0.244 e. The van der Waals surface area contributed by atoms with Crippen LogP contribution in [0.15, 0.2) is 60.9 Å². The summed E-state index contributed by atoms with van der Waals surface area (Å²) < 4.78 is 18.0. The van der Waals surface area contributed by atoms with Gasteiger partial charge >= 0.3 is 0 Å². The molecule has 1 amide bonds. The number of rotatable bonds is 8. The molecule has 0 aliphatic heterocycles. The zero-order valence-electron chi connectivity index (χ0n) is 17.5. The van der Waals surface area contributed by atoms with Gasteiger partial charge in [0.1, 0.15) is 29.1 Å². The molecule has 2 aromatic carbocycles. The third-order valence-electron chi connectivity index (χ3n) is 4.66. The van der Waals surface area contributed by atoms with Crippen LogP contribution < -0.4 is 19.5 Å². The van der Waals surface area contributed by atoms with E-state index in [9.17, 15) is 4.79 Å². The molecule has 0 aliphatic rings. The molecule has 7 heteroatoms. The van der Waals surface area contributed by atoms with Crippen molar-refractivity contribution in [2.24, 2.45) is 7.05 Å². The molecule has 1 unspecified atom stereocenters. The van der Waals surface area contributed by atoms with Crippen molar-refractivity contribution < 1.29 is 19.0 Å². The number of benzene rings is 2. The van der Waals surface area contributed by atoms with Crippen molar-refractivity contribution in [3.8, 4) is 17.2 Å². The number of hydrogen-bond donors (Lipinski definition) is 1. The number of hydrogen-bond acceptors (Lipinski definition) is 5. The molecule has 0 bridgehead atoms. The summed E-state index contributed by atoms with van der Waals surface area (Å²) in [4.78, 5) is 17.2. The van der Waals surface area contributed by atoms with Gasteiger partial charge in [-0.25, -0.2) is 4.98 Å². The fourth-order valence-electron chi connectivity index (χ4n) is 3.11. The summed E-state index contributed by atoms with van der Waals surface area (Å²) >= 11 is 0. The molecule has 30 heavy (non-hydrogen) atoms. The largest absolute Gasteiger partial charge is 0.497 e. The second kappa shape index (κ2) is 9.65. The van der Waals surface area contributed by atoms with Crippen molar-refractivity contribution in [2.45, 2.75) is 6.04 Å². The lowest BCUT2D eigenvalue weighted by molar-refractivity contribution is -0.117. The highest BCUT2D eigenvalue weighted by molar-refractivity contribution is 5.92. The first kappa shape index (κ1) is 21.0. The van der Waals surface area contributed by atoms with Crippen molar-refractivity contribution >= 4 is 12.0 Å². The number of nitrogens with one attached hydrogen (secondary N) is 1. The molecule has 3 aromatic rings. The molecule has 0 fully saturated rings. The smallest absolute Gasteiger partial charge is 0.244 e. The molecule has 0 saturated carbocycles. The highest BCUT2D eigenvalue weighted by Crippen LogP contribution is 2.29. The Hall–Kier alpha value is -3.74. The van der Waals surface area contributed by atoms with Crippen LogP contribution in [-0.2, 0) is 11.8 Å². The van der Waals surface area contributed by atoms with Crippen LogP contribution in [0.5, 0.6) is 17.2 Å². The summed E-state index contributed by atoms with van der Waals surface area (Å²) in [7, 11) is 6.65. The number of nitrogens with zero attached hydrogens (tertiary/aromatic N) is 2. The van der Waals surface area contributed by atoms with Gasteiger partial charge in [0.25, 0.3) is 0 Å². The fourth-order valence-corrected chi connectivity index (χ4v) is 3.11. The van der Waals surface area contributed by atoms with E-state index in [4.69, 9.17) is 14.2 Å². The zero-order valence-corrected chi connectivity index (χ0v) is 17.5. The van der Waals surface area contributed by atoms with Gasteiger partial charge in [-0.2, -0.15) is 0 Å². The summed E-state index contributed by atoms with van der Waals surface area (Å²) in [6.07, 6.45) is 6.72. The Morgan fingerprint density at radius 3 is 2.37 bits per heavy atom. The van der Waals surface area contributed by atoms with E-state index in [0.29, 0.717) is 23.1 Å². The van der Waals surface area contributed by atoms with E-state index < -0.39 is 6.04 Å². The fraction of sp³-hybridized carbons (Fsp3) is 0.217. The van der Waals surface area contributed by atoms with E-state index >= 15 is 0 Å². The number of methoxy groups -OCH3 is 3. The first-order chi connectivity index (χ1) is 14.5. The second-order valence-electron chi connectivity index (χ2n) is 6.56. The standard InChI is InChI=1S/C23H25N3O4/c1-26-12-11-24-23(26)22(17-13-18(28-2)15-19(14-17)29-3)25-21(27)10-9-16-7-5-6-8-20(16)30-4/h5-15,22H,1-4H3,(H,25,27)/b10-9+. The molecular formula is C23H25N3O4. The molecular weight excluding hydrogens is 382 g/mol. The van der Waals surface area contributed by atoms with Gasteiger partial charge in [0.15, 0.2) is 0 Å². The Morgan fingerprint density at radius 2 is 1.77 bits per heavy atom. The van der Waals surface area contributed by atoms with Crippen LogP contribution in [0.25, 0.3) is 6.08 Å². The van der Waals surface area contributed by atoms with Gasteiger partial charge in [0, 0.05) is 37.1 Å². The van der Waals surface area contributed by atoms with Crippen molar-refractivity contribution in [1.29, 1.82) is 0 Å². The number of para-hydroxylation sites is 1. The number of carbonyl (C=O) groups excluding carboxylic acids is 1. The van der Waals surface area contributed by atoms with Crippen LogP contribution in [0, 0.1) is 0 Å². The number of aromatic nitrogens is 2. The molecule has 3 rings (SSSR count). The molecule has 7 nitrogen and oxygen atoms in total. The van der Waals surface area contributed by atoms with Crippen LogP contribution in [-0.4, -0.2) is 36.8 Å². The predicted molar refractivity (Wildman–Crippen MR) is 115 cm³/mol. The lowest BCUT2D eigenvalue weighted by Crippen LogP contribution is -2.29. The molecule has 1 N–H and O–H groups in total. The molecule has 0 radical (unpaired) electrons. The van der Waals surface area contributed by atoms with Crippen LogP contribution in [0.3, 0.4) is 0 Å². The van der Waals surface area contributed by atoms with E-state index in [0.717, 1.165) is 11.1 Å². The molecule has 1 heterocycles. The SMILES string of the molecule is COc1cc(OC)cc(C(NC(=O)/C=C/c2ccccc2OC)c2nccn2C)c1. The minimum Gasteiger partial charge on any atom is -0.497 e. The van der Waals surface area contributed by atoms with Crippen LogP contribution >= 0.6 is 0 Å². The number of imidazole rings is 1. The maximum atomic E-state index is 12.8. The highest BCUT2D eigenvalue weighted by Gasteiger charge is 2.21. The van der Waals surface area contributed by atoms with Gasteiger partial charge in [-0.1, -0.05) is 18.2 Å². The number of ether oxygens (including phenoxy) is 3. The molecule has 1 atom stereocenters. The lowest BCUT2D eigenvalue weighted by Gasteiger charge is -2.20. The van der Waals surface area contributed by atoms with Gasteiger partial charge in [-0.05, 0) is 29.8 Å². The van der Waals surface area contributed by atoms with Crippen molar-refractivity contribution in [2.75, 3.05) is 21.3 Å². The highest BCUT2D eigenvalue weighted by atomic mass is 16.5. The second-order valence-corrected chi connectivity index (χ2v) is 6.56. The number of amides is 1. The predicted octanol–water partition coefficient (Wildman–Crippen LogP) is 3.36. The Kier molecular flexibility index (Phi) is 6.75. The van der Waals surface area contributed by atoms with Crippen LogP contribution in [0.4, 0.5) is 0 Å². The first-order valence-electron chi connectivity index (χ1n) is 9.37. The molecule has 0 spiro atoms. The summed E-state index contributed by atoms with van der Waals surface area (Å²) in [6.45, 7) is 0. The minimum absolute atomic E-state index is 0.268. The lowest BCUT2D eigenvalue weighted by atomic mass is 10.0. The summed E-state index contributed by atoms with van der Waals surface area (Å²) in [5.41, 5.74) is 1.60. The van der Waals surface area contributed by atoms with Crippen molar-refractivity contribution in [1.82, 2.24) is 14.9 Å².